The number of carbonyl (C=O) groups is 1. The highest BCUT2D eigenvalue weighted by Crippen LogP contribution is 2.29. The van der Waals surface area contributed by atoms with Crippen LogP contribution in [0.1, 0.15) is 17.3 Å². The lowest BCUT2D eigenvalue weighted by Crippen LogP contribution is -2.10. The van der Waals surface area contributed by atoms with Crippen molar-refractivity contribution in [2.45, 2.75) is 6.92 Å². The summed E-state index contributed by atoms with van der Waals surface area (Å²) in [5.41, 5.74) is 3.01. The molecule has 0 radical (unpaired) electrons. The Labute approximate surface area is 109 Å². The van der Waals surface area contributed by atoms with Gasteiger partial charge in [0.25, 0.3) is 0 Å². The summed E-state index contributed by atoms with van der Waals surface area (Å²) in [5, 5.41) is 0.577. The number of carbonyl (C=O) groups excluding carboxylic acids is 1. The number of nitrogens with two attached hydrogens (primary N) is 1. The molecule has 1 aromatic carbocycles. The van der Waals surface area contributed by atoms with Crippen LogP contribution in [0.5, 0.6) is 0 Å². The molecule has 1 rings (SSSR count). The maximum Gasteiger partial charge on any atom is 0.339 e. The molecule has 0 spiro atoms. The minimum absolute atomic E-state index is 0. The molecule has 0 saturated carbocycles. The van der Waals surface area contributed by atoms with E-state index in [-0.39, 0.29) is 29.6 Å². The van der Waals surface area contributed by atoms with Crippen LogP contribution in [0.15, 0.2) is 12.1 Å². The Hall–Kier alpha value is -0.680. The van der Waals surface area contributed by atoms with Crippen molar-refractivity contribution in [3.8, 4) is 0 Å². The average Bonchev–Trinajstić information content (AvgIpc) is 2.18. The lowest BCUT2D eigenvalue weighted by molar-refractivity contribution is 0.0526. The monoisotopic (exact) mass is 284 g/mol. The normalized spacial score (nSPS) is 9.25. The minimum atomic E-state index is -0.504. The van der Waals surface area contributed by atoms with E-state index in [1.165, 1.54) is 12.1 Å². The van der Waals surface area contributed by atoms with Crippen LogP contribution in [0.3, 0.4) is 0 Å². The van der Waals surface area contributed by atoms with Crippen LogP contribution in [-0.2, 0) is 4.74 Å². The number of hydrogen-bond acceptors (Lipinski definition) is 4. The zero-order valence-corrected chi connectivity index (χ0v) is 10.7. The van der Waals surface area contributed by atoms with Gasteiger partial charge in [0.15, 0.2) is 0 Å². The molecule has 0 unspecified atom stereocenters. The number of rotatable bonds is 3. The Morgan fingerprint density at radius 3 is 2.56 bits per heavy atom. The van der Waals surface area contributed by atoms with Crippen LogP contribution >= 0.6 is 35.6 Å². The molecule has 0 bridgehead atoms. The zero-order valence-electron chi connectivity index (χ0n) is 8.42. The molecule has 0 amide bonds. The van der Waals surface area contributed by atoms with E-state index in [0.717, 1.165) is 0 Å². The number of nitrogen functional groups attached to an aromatic ring is 1. The van der Waals surface area contributed by atoms with Crippen LogP contribution in [-0.4, -0.2) is 12.6 Å². The highest BCUT2D eigenvalue weighted by atomic mass is 35.5. The molecular formula is C9H11Cl3N2O2. The predicted molar refractivity (Wildman–Crippen MR) is 67.5 cm³/mol. The summed E-state index contributed by atoms with van der Waals surface area (Å²) in [5.74, 6) is 4.71. The van der Waals surface area contributed by atoms with E-state index in [4.69, 9.17) is 33.8 Å². The van der Waals surface area contributed by atoms with Crippen LogP contribution in [0, 0.1) is 0 Å². The summed E-state index contributed by atoms with van der Waals surface area (Å²) in [6.07, 6.45) is 0. The van der Waals surface area contributed by atoms with Gasteiger partial charge < -0.3 is 10.2 Å². The third kappa shape index (κ3) is 3.42. The fourth-order valence-corrected chi connectivity index (χ4v) is 1.54. The lowest BCUT2D eigenvalue weighted by atomic mass is 10.2. The molecule has 0 aromatic heterocycles. The van der Waals surface area contributed by atoms with E-state index in [2.05, 4.69) is 5.43 Å². The second-order valence-corrected chi connectivity index (χ2v) is 3.49. The van der Waals surface area contributed by atoms with Gasteiger partial charge in [-0.15, -0.1) is 12.4 Å². The highest BCUT2D eigenvalue weighted by molar-refractivity contribution is 6.38. The number of hydrogen-bond donors (Lipinski definition) is 2. The second kappa shape index (κ2) is 6.81. The van der Waals surface area contributed by atoms with Crippen LogP contribution < -0.4 is 11.3 Å². The first-order valence-corrected chi connectivity index (χ1v) is 4.98. The first kappa shape index (κ1) is 15.3. The fourth-order valence-electron chi connectivity index (χ4n) is 1.02. The summed E-state index contributed by atoms with van der Waals surface area (Å²) < 4.78 is 4.81. The van der Waals surface area contributed by atoms with Crippen molar-refractivity contribution in [2.24, 2.45) is 5.84 Å². The molecule has 0 aliphatic heterocycles. The molecule has 7 heteroatoms. The third-order valence-electron chi connectivity index (χ3n) is 1.71. The molecule has 0 aliphatic carbocycles. The quantitative estimate of drug-likeness (QED) is 0.509. The molecule has 0 aliphatic rings. The van der Waals surface area contributed by atoms with Gasteiger partial charge in [0.2, 0.25) is 0 Å². The number of ether oxygens (including phenoxy) is 1. The van der Waals surface area contributed by atoms with Crippen molar-refractivity contribution >= 4 is 47.3 Å². The van der Waals surface area contributed by atoms with Crippen molar-refractivity contribution in [2.75, 3.05) is 12.0 Å². The van der Waals surface area contributed by atoms with Crippen molar-refractivity contribution in [1.82, 2.24) is 0 Å². The van der Waals surface area contributed by atoms with Gasteiger partial charge in [0.05, 0.1) is 27.9 Å². The van der Waals surface area contributed by atoms with E-state index in [9.17, 15) is 4.79 Å². The lowest BCUT2D eigenvalue weighted by Gasteiger charge is -2.08. The van der Waals surface area contributed by atoms with Gasteiger partial charge in [-0.25, -0.2) is 4.79 Å². The highest BCUT2D eigenvalue weighted by Gasteiger charge is 2.14. The first-order valence-electron chi connectivity index (χ1n) is 4.23. The van der Waals surface area contributed by atoms with Gasteiger partial charge in [-0.1, -0.05) is 23.2 Å². The molecule has 16 heavy (non-hydrogen) atoms. The first-order chi connectivity index (χ1) is 7.10. The van der Waals surface area contributed by atoms with Crippen molar-refractivity contribution in [3.05, 3.63) is 27.7 Å². The SMILES string of the molecule is CCOC(=O)c1cc(NN)c(Cl)cc1Cl.Cl. The van der Waals surface area contributed by atoms with Crippen LogP contribution in [0.25, 0.3) is 0 Å². The zero-order chi connectivity index (χ0) is 11.4. The average molecular weight is 286 g/mol. The molecule has 90 valence electrons. The third-order valence-corrected chi connectivity index (χ3v) is 2.33. The van der Waals surface area contributed by atoms with Crippen molar-refractivity contribution < 1.29 is 9.53 Å². The fraction of sp³-hybridized carbons (Fsp3) is 0.222. The minimum Gasteiger partial charge on any atom is -0.462 e. The topological polar surface area (TPSA) is 64.3 Å². The molecule has 4 nitrogen and oxygen atoms in total. The smallest absolute Gasteiger partial charge is 0.339 e. The molecule has 3 N–H and O–H groups in total. The van der Waals surface area contributed by atoms with Gasteiger partial charge in [0.1, 0.15) is 0 Å². The summed E-state index contributed by atoms with van der Waals surface area (Å²) in [4.78, 5) is 11.4. The molecule has 0 fully saturated rings. The summed E-state index contributed by atoms with van der Waals surface area (Å²) in [6, 6.07) is 2.88. The largest absolute Gasteiger partial charge is 0.462 e. The molecule has 0 atom stereocenters. The Balaban J connectivity index is 0.00000225. The molecule has 1 aromatic rings. The van der Waals surface area contributed by atoms with Gasteiger partial charge in [-0.3, -0.25) is 5.84 Å². The van der Waals surface area contributed by atoms with Gasteiger partial charge >= 0.3 is 5.97 Å². The molecule has 0 saturated heterocycles. The second-order valence-electron chi connectivity index (χ2n) is 2.68. The molecular weight excluding hydrogens is 274 g/mol. The Kier molecular flexibility index (Phi) is 6.52. The maximum atomic E-state index is 11.4. The van der Waals surface area contributed by atoms with Gasteiger partial charge in [-0.05, 0) is 19.1 Å². The van der Waals surface area contributed by atoms with Crippen LogP contribution in [0.4, 0.5) is 5.69 Å². The standard InChI is InChI=1S/C9H10Cl2N2O2.ClH/c1-2-15-9(14)5-3-8(13-12)7(11)4-6(5)10;/h3-4,13H,2,12H2,1H3;1H. The number of halogens is 3. The number of benzene rings is 1. The van der Waals surface area contributed by atoms with E-state index < -0.39 is 5.97 Å². The van der Waals surface area contributed by atoms with E-state index in [1.807, 2.05) is 0 Å². The summed E-state index contributed by atoms with van der Waals surface area (Å²) in [6.45, 7) is 1.99. The van der Waals surface area contributed by atoms with Gasteiger partial charge in [0, 0.05) is 0 Å². The summed E-state index contributed by atoms with van der Waals surface area (Å²) in [7, 11) is 0. The van der Waals surface area contributed by atoms with Crippen molar-refractivity contribution in [3.63, 3.8) is 0 Å². The number of esters is 1. The number of anilines is 1. The number of nitrogens with one attached hydrogen (secondary N) is 1. The van der Waals surface area contributed by atoms with E-state index in [0.29, 0.717) is 10.7 Å². The summed E-state index contributed by atoms with van der Waals surface area (Å²) >= 11 is 11.6. The Bertz CT molecular complexity index is 385. The van der Waals surface area contributed by atoms with E-state index in [1.54, 1.807) is 6.92 Å². The predicted octanol–water partition coefficient (Wildman–Crippen LogP) is 2.88. The molecule has 0 heterocycles. The van der Waals surface area contributed by atoms with Crippen LogP contribution in [0.2, 0.25) is 10.0 Å². The number of hydrazine groups is 1. The maximum absolute atomic E-state index is 11.4. The van der Waals surface area contributed by atoms with Crippen molar-refractivity contribution in [1.29, 1.82) is 0 Å². The van der Waals surface area contributed by atoms with Gasteiger partial charge in [-0.2, -0.15) is 0 Å². The Morgan fingerprint density at radius 1 is 1.44 bits per heavy atom. The Morgan fingerprint density at radius 2 is 2.06 bits per heavy atom. The van der Waals surface area contributed by atoms with E-state index >= 15 is 0 Å².